The smallest absolute Gasteiger partial charge is 0.265 e. The molecule has 1 heterocycles. The van der Waals surface area contributed by atoms with Gasteiger partial charge < -0.3 is 0 Å². The van der Waals surface area contributed by atoms with E-state index in [1.807, 2.05) is 0 Å². The number of halogens is 4. The Hall–Kier alpha value is -0.580. The van der Waals surface area contributed by atoms with Gasteiger partial charge in [0, 0.05) is 18.3 Å². The first kappa shape index (κ1) is 11.5. The molecule has 0 radical (unpaired) electrons. The average Bonchev–Trinajstić information content (AvgIpc) is 2.15. The van der Waals surface area contributed by atoms with Gasteiger partial charge >= 0.3 is 6.18 Å². The second kappa shape index (κ2) is 4.29. The second-order valence-electron chi connectivity index (χ2n) is 3.01. The summed E-state index contributed by atoms with van der Waals surface area (Å²) in [6.45, 7) is 1.53. The highest BCUT2D eigenvalue weighted by molar-refractivity contribution is 9.09. The van der Waals surface area contributed by atoms with E-state index in [4.69, 9.17) is 0 Å². The second-order valence-corrected chi connectivity index (χ2v) is 4.00. The fraction of sp³-hybridized carbons (Fsp3) is 0.444. The molecule has 0 saturated carbocycles. The molecule has 0 bridgehead atoms. The molecule has 1 nitrogen and oxygen atoms in total. The van der Waals surface area contributed by atoms with Crippen LogP contribution in [0.4, 0.5) is 13.2 Å². The lowest BCUT2D eigenvalue weighted by molar-refractivity contribution is -0.130. The molecule has 0 N–H and O–H groups in total. The minimum Gasteiger partial charge on any atom is -0.265 e. The zero-order chi connectivity index (χ0) is 10.8. The molecule has 5 heteroatoms. The highest BCUT2D eigenvalue weighted by Crippen LogP contribution is 2.36. The molecule has 0 aliphatic rings. The predicted octanol–water partition coefficient (Wildman–Crippen LogP) is 3.51. The first-order chi connectivity index (χ1) is 6.43. The lowest BCUT2D eigenvalue weighted by Crippen LogP contribution is -2.27. The average molecular weight is 268 g/mol. The Morgan fingerprint density at radius 3 is 2.21 bits per heavy atom. The summed E-state index contributed by atoms with van der Waals surface area (Å²) >= 11 is 2.66. The van der Waals surface area contributed by atoms with Crippen LogP contribution >= 0.6 is 15.9 Å². The zero-order valence-corrected chi connectivity index (χ0v) is 9.01. The maximum atomic E-state index is 12.3. The third-order valence-electron chi connectivity index (χ3n) is 1.98. The van der Waals surface area contributed by atoms with Crippen LogP contribution in [0.1, 0.15) is 18.4 Å². The lowest BCUT2D eigenvalue weighted by Gasteiger charge is -2.21. The van der Waals surface area contributed by atoms with Gasteiger partial charge in [-0.3, -0.25) is 4.98 Å². The van der Waals surface area contributed by atoms with E-state index in [0.29, 0.717) is 5.56 Å². The Morgan fingerprint density at radius 1 is 1.29 bits per heavy atom. The summed E-state index contributed by atoms with van der Waals surface area (Å²) < 4.78 is 37.0. The first-order valence-electron chi connectivity index (χ1n) is 4.03. The van der Waals surface area contributed by atoms with Crippen molar-refractivity contribution >= 4 is 15.9 Å². The number of pyridine rings is 1. The van der Waals surface area contributed by atoms with Gasteiger partial charge in [-0.05, 0) is 17.7 Å². The normalized spacial score (nSPS) is 16.4. The highest BCUT2D eigenvalue weighted by Gasteiger charge is 2.41. The molecule has 0 aliphatic carbocycles. The Kier molecular flexibility index (Phi) is 3.53. The largest absolute Gasteiger partial charge is 0.401 e. The molecule has 0 aromatic carbocycles. The van der Waals surface area contributed by atoms with Gasteiger partial charge in [0.05, 0.1) is 0 Å². The molecule has 2 unspecified atom stereocenters. The van der Waals surface area contributed by atoms with Crippen molar-refractivity contribution < 1.29 is 13.2 Å². The van der Waals surface area contributed by atoms with Crippen LogP contribution in [0.3, 0.4) is 0 Å². The molecule has 0 amide bonds. The van der Waals surface area contributed by atoms with Gasteiger partial charge in [0.15, 0.2) is 0 Å². The zero-order valence-electron chi connectivity index (χ0n) is 7.42. The maximum absolute atomic E-state index is 12.3. The van der Waals surface area contributed by atoms with Crippen molar-refractivity contribution in [3.8, 4) is 0 Å². The third kappa shape index (κ3) is 2.70. The molecular formula is C9H9BrF3N. The Balaban J connectivity index is 2.81. The molecular weight excluding hydrogens is 259 g/mol. The number of hydrogen-bond acceptors (Lipinski definition) is 1. The van der Waals surface area contributed by atoms with E-state index in [1.54, 1.807) is 12.1 Å². The summed E-state index contributed by atoms with van der Waals surface area (Å²) in [7, 11) is 0. The SMILES string of the molecule is CC(c1ccncc1)C(Br)C(F)(F)F. The summed E-state index contributed by atoms with van der Waals surface area (Å²) in [5.41, 5.74) is 0.624. The molecule has 2 atom stereocenters. The summed E-state index contributed by atoms with van der Waals surface area (Å²) in [5.74, 6) is -0.613. The van der Waals surface area contributed by atoms with Crippen molar-refractivity contribution in [1.82, 2.24) is 4.98 Å². The third-order valence-corrected chi connectivity index (χ3v) is 3.30. The first-order valence-corrected chi connectivity index (χ1v) is 4.95. The highest BCUT2D eigenvalue weighted by atomic mass is 79.9. The van der Waals surface area contributed by atoms with E-state index in [0.717, 1.165) is 0 Å². The van der Waals surface area contributed by atoms with Crippen molar-refractivity contribution in [3.05, 3.63) is 30.1 Å². The molecule has 78 valence electrons. The van der Waals surface area contributed by atoms with Crippen molar-refractivity contribution in [3.63, 3.8) is 0 Å². The van der Waals surface area contributed by atoms with Crippen LogP contribution < -0.4 is 0 Å². The number of aromatic nitrogens is 1. The molecule has 0 fully saturated rings. The quantitative estimate of drug-likeness (QED) is 0.748. The molecule has 1 aromatic rings. The van der Waals surface area contributed by atoms with Crippen LogP contribution in [0.2, 0.25) is 0 Å². The number of hydrogen-bond donors (Lipinski definition) is 0. The Morgan fingerprint density at radius 2 is 1.79 bits per heavy atom. The predicted molar refractivity (Wildman–Crippen MR) is 51.4 cm³/mol. The fourth-order valence-corrected chi connectivity index (χ4v) is 1.42. The van der Waals surface area contributed by atoms with Gasteiger partial charge in [0.1, 0.15) is 4.83 Å². The van der Waals surface area contributed by atoms with Gasteiger partial charge in [0.2, 0.25) is 0 Å². The van der Waals surface area contributed by atoms with Crippen LogP contribution in [0.15, 0.2) is 24.5 Å². The van der Waals surface area contributed by atoms with Gasteiger partial charge in [0.25, 0.3) is 0 Å². The summed E-state index contributed by atoms with van der Waals surface area (Å²) in [5, 5.41) is 0. The maximum Gasteiger partial charge on any atom is 0.401 e. The number of rotatable bonds is 2. The van der Waals surface area contributed by atoms with Gasteiger partial charge in [-0.1, -0.05) is 22.9 Å². The molecule has 0 spiro atoms. The van der Waals surface area contributed by atoms with Crippen LogP contribution in [0.25, 0.3) is 0 Å². The van der Waals surface area contributed by atoms with E-state index in [-0.39, 0.29) is 0 Å². The molecule has 1 rings (SSSR count). The monoisotopic (exact) mass is 267 g/mol. The Bertz CT molecular complexity index is 286. The lowest BCUT2D eigenvalue weighted by atomic mass is 9.99. The van der Waals surface area contributed by atoms with Gasteiger partial charge in [-0.2, -0.15) is 13.2 Å². The molecule has 0 aliphatic heterocycles. The molecule has 1 aromatic heterocycles. The van der Waals surface area contributed by atoms with Crippen molar-refractivity contribution in [2.24, 2.45) is 0 Å². The summed E-state index contributed by atoms with van der Waals surface area (Å²) in [6, 6.07) is 3.18. The van der Waals surface area contributed by atoms with Crippen LogP contribution in [-0.2, 0) is 0 Å². The number of nitrogens with zero attached hydrogens (tertiary/aromatic N) is 1. The summed E-state index contributed by atoms with van der Waals surface area (Å²) in [6.07, 6.45) is -1.24. The molecule has 14 heavy (non-hydrogen) atoms. The van der Waals surface area contributed by atoms with E-state index in [1.165, 1.54) is 19.3 Å². The van der Waals surface area contributed by atoms with Crippen molar-refractivity contribution in [2.45, 2.75) is 23.8 Å². The number of alkyl halides is 4. The molecule has 0 saturated heterocycles. The Labute approximate surface area is 88.5 Å². The van der Waals surface area contributed by atoms with E-state index in [2.05, 4.69) is 20.9 Å². The summed E-state index contributed by atoms with van der Waals surface area (Å²) in [4.78, 5) is 2.24. The van der Waals surface area contributed by atoms with Crippen molar-refractivity contribution in [1.29, 1.82) is 0 Å². The van der Waals surface area contributed by atoms with Crippen LogP contribution in [0.5, 0.6) is 0 Å². The van der Waals surface area contributed by atoms with Gasteiger partial charge in [-0.15, -0.1) is 0 Å². The van der Waals surface area contributed by atoms with E-state index in [9.17, 15) is 13.2 Å². The van der Waals surface area contributed by atoms with Gasteiger partial charge in [-0.25, -0.2) is 0 Å². The van der Waals surface area contributed by atoms with Crippen molar-refractivity contribution in [2.75, 3.05) is 0 Å². The van der Waals surface area contributed by atoms with Crippen LogP contribution in [0, 0.1) is 0 Å². The van der Waals surface area contributed by atoms with E-state index < -0.39 is 16.9 Å². The standard InChI is InChI=1S/C9H9BrF3N/c1-6(8(10)9(11,12)13)7-2-4-14-5-3-7/h2-6,8H,1H3. The van der Waals surface area contributed by atoms with Crippen LogP contribution in [-0.4, -0.2) is 16.0 Å². The minimum atomic E-state index is -4.22. The fourth-order valence-electron chi connectivity index (χ4n) is 1.12. The van der Waals surface area contributed by atoms with E-state index >= 15 is 0 Å². The minimum absolute atomic E-state index is 0.613. The topological polar surface area (TPSA) is 12.9 Å².